The highest BCUT2D eigenvalue weighted by Gasteiger charge is 2.21. The molecule has 184 valence electrons. The Hall–Kier alpha value is -2.02. The Bertz CT molecular complexity index is 755. The van der Waals surface area contributed by atoms with Gasteiger partial charge in [-0.2, -0.15) is 5.10 Å². The van der Waals surface area contributed by atoms with Crippen LogP contribution in [-0.4, -0.2) is 45.7 Å². The Labute approximate surface area is 205 Å². The molecule has 3 aliphatic rings. The van der Waals surface area contributed by atoms with Gasteiger partial charge in [-0.15, -0.1) is 0 Å². The number of rotatable bonds is 5. The van der Waals surface area contributed by atoms with E-state index in [0.29, 0.717) is 11.1 Å². The van der Waals surface area contributed by atoms with E-state index in [9.17, 15) is 0 Å². The molecule has 3 heterocycles. The monoisotopic (exact) mass is 476 g/mol. The van der Waals surface area contributed by atoms with Gasteiger partial charge in [0.15, 0.2) is 0 Å². The van der Waals surface area contributed by atoms with Gasteiger partial charge in [-0.3, -0.25) is 0 Å². The molecule has 0 radical (unpaired) electrons. The van der Waals surface area contributed by atoms with E-state index >= 15 is 0 Å². The summed E-state index contributed by atoms with van der Waals surface area (Å²) in [6.07, 6.45) is 11.0. The molecule has 3 aliphatic heterocycles. The second-order valence-corrected chi connectivity index (χ2v) is 8.14. The number of nitrogens with one attached hydrogen (secondary N) is 2. The molecule has 7 heteroatoms. The fraction of sp³-hybridized carbons (Fsp3) is 0.577. The van der Waals surface area contributed by atoms with E-state index < -0.39 is 0 Å². The normalized spacial score (nSPS) is 19.9. The minimum absolute atomic E-state index is 0.297. The van der Waals surface area contributed by atoms with Crippen LogP contribution in [0.5, 0.6) is 5.75 Å². The van der Waals surface area contributed by atoms with Crippen LogP contribution >= 0.6 is 11.6 Å². The van der Waals surface area contributed by atoms with Crippen LogP contribution in [0.15, 0.2) is 51.9 Å². The number of hydrogen-bond donors (Lipinski definition) is 2. The molecular formula is C26H41ClN4O2. The van der Waals surface area contributed by atoms with Gasteiger partial charge in [0, 0.05) is 20.3 Å². The van der Waals surface area contributed by atoms with Crippen LogP contribution in [0, 0.1) is 0 Å². The molecule has 0 bridgehead atoms. The van der Waals surface area contributed by atoms with Gasteiger partial charge in [0.1, 0.15) is 11.9 Å². The Balaban J connectivity index is 0.000000411. The SMILES string of the molecule is C1CCOCC1.CC.CC/C=C1\C(Cl)=C(NC)C=NN1c1ccc(OC2CCNCC2)cc1. The number of piperidine rings is 1. The number of ether oxygens (including phenoxy) is 2. The Morgan fingerprint density at radius 3 is 2.33 bits per heavy atom. The number of allylic oxidation sites excluding steroid dienone is 3. The van der Waals surface area contributed by atoms with Crippen molar-refractivity contribution in [1.29, 1.82) is 0 Å². The van der Waals surface area contributed by atoms with Crippen LogP contribution < -0.4 is 20.4 Å². The van der Waals surface area contributed by atoms with Gasteiger partial charge in [-0.1, -0.05) is 38.4 Å². The van der Waals surface area contributed by atoms with E-state index in [1.54, 1.807) is 6.21 Å². The molecule has 0 spiro atoms. The summed E-state index contributed by atoms with van der Waals surface area (Å²) < 4.78 is 11.1. The number of benzene rings is 1. The highest BCUT2D eigenvalue weighted by molar-refractivity contribution is 6.34. The van der Waals surface area contributed by atoms with Crippen LogP contribution in [0.4, 0.5) is 5.69 Å². The van der Waals surface area contributed by atoms with Crippen LogP contribution in [0.2, 0.25) is 0 Å². The number of hydrogen-bond acceptors (Lipinski definition) is 6. The molecule has 0 atom stereocenters. The van der Waals surface area contributed by atoms with Crippen LogP contribution in [0.1, 0.15) is 59.3 Å². The molecule has 2 saturated heterocycles. The minimum atomic E-state index is 0.297. The first-order chi connectivity index (χ1) is 16.2. The minimum Gasteiger partial charge on any atom is -0.490 e. The highest BCUT2D eigenvalue weighted by atomic mass is 35.5. The lowest BCUT2D eigenvalue weighted by Gasteiger charge is -2.27. The van der Waals surface area contributed by atoms with Gasteiger partial charge >= 0.3 is 0 Å². The lowest BCUT2D eigenvalue weighted by molar-refractivity contribution is 0.0968. The third-order valence-electron chi connectivity index (χ3n) is 5.41. The van der Waals surface area contributed by atoms with Crippen molar-refractivity contribution >= 4 is 23.5 Å². The summed E-state index contributed by atoms with van der Waals surface area (Å²) >= 11 is 6.52. The Morgan fingerprint density at radius 1 is 1.15 bits per heavy atom. The number of halogens is 1. The van der Waals surface area contributed by atoms with Crippen LogP contribution in [-0.2, 0) is 4.74 Å². The van der Waals surface area contributed by atoms with Crippen molar-refractivity contribution in [2.24, 2.45) is 5.10 Å². The first kappa shape index (κ1) is 27.2. The zero-order valence-corrected chi connectivity index (χ0v) is 21.5. The standard InChI is InChI=1S/C19H25ClN4O.C5H10O.C2H6/c1-3-4-18-19(20)17(21-2)13-23-24(18)14-5-7-15(8-6-14)25-16-9-11-22-12-10-16;1-2-4-6-5-3-1;1-2/h4-8,13,16,21-22H,3,9-12H2,1-2H3;1-5H2;1-2H3/b18-4+;;. The quantitative estimate of drug-likeness (QED) is 0.562. The predicted molar refractivity (Wildman–Crippen MR) is 140 cm³/mol. The first-order valence-electron chi connectivity index (χ1n) is 12.4. The van der Waals surface area contributed by atoms with Crippen molar-refractivity contribution in [2.45, 2.75) is 65.4 Å². The molecular weight excluding hydrogens is 436 g/mol. The van der Waals surface area contributed by atoms with Crippen molar-refractivity contribution in [1.82, 2.24) is 10.6 Å². The van der Waals surface area contributed by atoms with Gasteiger partial charge < -0.3 is 20.1 Å². The molecule has 0 amide bonds. The van der Waals surface area contributed by atoms with Crippen LogP contribution in [0.3, 0.4) is 0 Å². The van der Waals surface area contributed by atoms with E-state index in [-0.39, 0.29) is 0 Å². The fourth-order valence-electron chi connectivity index (χ4n) is 3.67. The Kier molecular flexibility index (Phi) is 13.0. The molecule has 0 unspecified atom stereocenters. The average Bonchev–Trinajstić information content (AvgIpc) is 2.89. The van der Waals surface area contributed by atoms with Gasteiger partial charge in [0.25, 0.3) is 0 Å². The molecule has 1 aromatic carbocycles. The maximum atomic E-state index is 6.52. The van der Waals surface area contributed by atoms with Gasteiger partial charge in [0.05, 0.1) is 28.3 Å². The summed E-state index contributed by atoms with van der Waals surface area (Å²) in [5.74, 6) is 0.898. The van der Waals surface area contributed by atoms with Crippen molar-refractivity contribution in [3.63, 3.8) is 0 Å². The lowest BCUT2D eigenvalue weighted by atomic mass is 10.1. The van der Waals surface area contributed by atoms with Crippen LogP contribution in [0.25, 0.3) is 0 Å². The number of hydrazone groups is 1. The third kappa shape index (κ3) is 8.69. The molecule has 4 rings (SSSR count). The zero-order chi connectivity index (χ0) is 23.9. The summed E-state index contributed by atoms with van der Waals surface area (Å²) in [6, 6.07) is 8.04. The van der Waals surface area contributed by atoms with E-state index in [0.717, 1.165) is 68.4 Å². The average molecular weight is 477 g/mol. The first-order valence-corrected chi connectivity index (χ1v) is 12.8. The number of anilines is 1. The molecule has 1 aromatic rings. The molecule has 2 fully saturated rings. The van der Waals surface area contributed by atoms with Crippen molar-refractivity contribution in [2.75, 3.05) is 38.4 Å². The summed E-state index contributed by atoms with van der Waals surface area (Å²) in [5.41, 5.74) is 2.67. The lowest BCUT2D eigenvalue weighted by Crippen LogP contribution is -2.34. The summed E-state index contributed by atoms with van der Waals surface area (Å²) in [4.78, 5) is 0. The fourth-order valence-corrected chi connectivity index (χ4v) is 3.97. The molecule has 2 N–H and O–H groups in total. The maximum Gasteiger partial charge on any atom is 0.119 e. The summed E-state index contributed by atoms with van der Waals surface area (Å²) in [6.45, 7) is 10.1. The predicted octanol–water partition coefficient (Wildman–Crippen LogP) is 5.80. The van der Waals surface area contributed by atoms with Crippen molar-refractivity contribution in [3.8, 4) is 5.75 Å². The van der Waals surface area contributed by atoms with E-state index in [1.165, 1.54) is 19.3 Å². The largest absolute Gasteiger partial charge is 0.490 e. The van der Waals surface area contributed by atoms with Crippen molar-refractivity contribution < 1.29 is 9.47 Å². The second-order valence-electron chi connectivity index (χ2n) is 7.77. The molecule has 33 heavy (non-hydrogen) atoms. The smallest absolute Gasteiger partial charge is 0.119 e. The summed E-state index contributed by atoms with van der Waals surface area (Å²) in [7, 11) is 1.84. The van der Waals surface area contributed by atoms with Gasteiger partial charge in [-0.25, -0.2) is 5.01 Å². The van der Waals surface area contributed by atoms with E-state index in [1.807, 2.05) is 50.2 Å². The highest BCUT2D eigenvalue weighted by Crippen LogP contribution is 2.32. The zero-order valence-electron chi connectivity index (χ0n) is 20.7. The third-order valence-corrected chi connectivity index (χ3v) is 5.80. The molecule has 6 nitrogen and oxygen atoms in total. The number of nitrogens with zero attached hydrogens (tertiary/aromatic N) is 2. The second kappa shape index (κ2) is 15.8. The maximum absolute atomic E-state index is 6.52. The summed E-state index contributed by atoms with van der Waals surface area (Å²) in [5, 5.41) is 13.5. The topological polar surface area (TPSA) is 58.1 Å². The van der Waals surface area contributed by atoms with E-state index in [4.69, 9.17) is 21.1 Å². The van der Waals surface area contributed by atoms with Gasteiger partial charge in [-0.05, 0) is 75.9 Å². The Morgan fingerprint density at radius 2 is 1.82 bits per heavy atom. The molecule has 0 aromatic heterocycles. The molecule has 0 aliphatic carbocycles. The van der Waals surface area contributed by atoms with Gasteiger partial charge in [0.2, 0.25) is 0 Å². The van der Waals surface area contributed by atoms with Crippen molar-refractivity contribution in [3.05, 3.63) is 46.8 Å². The van der Waals surface area contributed by atoms with E-state index in [2.05, 4.69) is 28.7 Å². The molecule has 0 saturated carbocycles.